The van der Waals surface area contributed by atoms with E-state index in [-0.39, 0.29) is 28.6 Å². The molecule has 34 heavy (non-hydrogen) atoms. The fraction of sp³-hybridized carbons (Fsp3) is 0.300. The fourth-order valence-electron chi connectivity index (χ4n) is 2.94. The molecule has 3 aromatic rings. The number of carbonyl (C=O) groups is 1. The molecule has 1 amide bonds. The molecule has 0 fully saturated rings. The molecule has 1 N–H and O–H groups in total. The van der Waals surface area contributed by atoms with Crippen LogP contribution in [0.15, 0.2) is 35.0 Å². The lowest BCUT2D eigenvalue weighted by Gasteiger charge is -2.15. The number of aryl methyl sites for hydroxylation is 1. The van der Waals surface area contributed by atoms with E-state index in [0.29, 0.717) is 18.0 Å². The van der Waals surface area contributed by atoms with Crippen LogP contribution >= 0.6 is 0 Å². The van der Waals surface area contributed by atoms with E-state index in [0.717, 1.165) is 6.07 Å². The molecule has 178 valence electrons. The first kappa shape index (κ1) is 24.8. The summed E-state index contributed by atoms with van der Waals surface area (Å²) in [6, 6.07) is 4.65. The maximum absolute atomic E-state index is 13.2. The van der Waals surface area contributed by atoms with Crippen LogP contribution in [0.2, 0.25) is 0 Å². The summed E-state index contributed by atoms with van der Waals surface area (Å²) in [6.45, 7) is 3.17. The summed E-state index contributed by atoms with van der Waals surface area (Å²) in [7, 11) is -2.48. The molecule has 1 aromatic carbocycles. The lowest BCUT2D eigenvalue weighted by molar-refractivity contribution is -0.137. The summed E-state index contributed by atoms with van der Waals surface area (Å²) in [4.78, 5) is 25.1. The van der Waals surface area contributed by atoms with E-state index in [1.807, 2.05) is 0 Å². The SMILES string of the molecule is Cc1nc([C@H](C)NC(=O)c2cc(C#N)cc(C(F)(F)F)c2)n(-c2cc(N=S(C)(C)=O)ncn2)n1. The van der Waals surface area contributed by atoms with Crippen LogP contribution in [-0.4, -0.2) is 47.4 Å². The molecule has 10 nitrogen and oxygen atoms in total. The van der Waals surface area contributed by atoms with Crippen molar-refractivity contribution in [1.82, 2.24) is 30.0 Å². The monoisotopic (exact) mass is 492 g/mol. The van der Waals surface area contributed by atoms with E-state index < -0.39 is 33.4 Å². The minimum Gasteiger partial charge on any atom is -0.342 e. The van der Waals surface area contributed by atoms with Crippen molar-refractivity contribution < 1.29 is 22.2 Å². The lowest BCUT2D eigenvalue weighted by atomic mass is 10.0. The number of carbonyl (C=O) groups excluding carboxylic acids is 1. The highest BCUT2D eigenvalue weighted by Gasteiger charge is 2.32. The Kier molecular flexibility index (Phi) is 6.69. The van der Waals surface area contributed by atoms with Crippen molar-refractivity contribution >= 4 is 21.5 Å². The zero-order valence-electron chi connectivity index (χ0n) is 18.5. The Bertz CT molecular complexity index is 1410. The average Bonchev–Trinajstić information content (AvgIpc) is 3.13. The molecule has 2 heterocycles. The molecule has 3 rings (SSSR count). The fourth-order valence-corrected chi connectivity index (χ4v) is 3.49. The van der Waals surface area contributed by atoms with Gasteiger partial charge in [0.15, 0.2) is 17.5 Å². The van der Waals surface area contributed by atoms with Gasteiger partial charge in [-0.1, -0.05) is 0 Å². The first-order valence-electron chi connectivity index (χ1n) is 9.63. The zero-order chi connectivity index (χ0) is 25.3. The Morgan fingerprint density at radius 2 is 1.94 bits per heavy atom. The lowest BCUT2D eigenvalue weighted by Crippen LogP contribution is -2.29. The Morgan fingerprint density at radius 1 is 1.24 bits per heavy atom. The van der Waals surface area contributed by atoms with Gasteiger partial charge in [-0.15, -0.1) is 5.10 Å². The van der Waals surface area contributed by atoms with Gasteiger partial charge in [-0.2, -0.15) is 27.5 Å². The minimum atomic E-state index is -4.72. The normalized spacial score (nSPS) is 12.6. The van der Waals surface area contributed by atoms with E-state index in [4.69, 9.17) is 5.26 Å². The number of hydrogen-bond donors (Lipinski definition) is 1. The maximum Gasteiger partial charge on any atom is 0.416 e. The second kappa shape index (κ2) is 9.18. The van der Waals surface area contributed by atoms with Gasteiger partial charge in [-0.3, -0.25) is 4.79 Å². The van der Waals surface area contributed by atoms with Crippen molar-refractivity contribution in [3.63, 3.8) is 0 Å². The molecule has 14 heteroatoms. The molecular weight excluding hydrogens is 473 g/mol. The van der Waals surface area contributed by atoms with Gasteiger partial charge >= 0.3 is 6.18 Å². The number of amides is 1. The Morgan fingerprint density at radius 3 is 2.56 bits per heavy atom. The third-order valence-corrected chi connectivity index (χ3v) is 4.92. The van der Waals surface area contributed by atoms with Gasteiger partial charge in [0.2, 0.25) is 0 Å². The maximum atomic E-state index is 13.2. The number of alkyl halides is 3. The highest BCUT2D eigenvalue weighted by molar-refractivity contribution is 7.92. The van der Waals surface area contributed by atoms with Crippen LogP contribution in [0.3, 0.4) is 0 Å². The smallest absolute Gasteiger partial charge is 0.342 e. The summed E-state index contributed by atoms with van der Waals surface area (Å²) < 4.78 is 56.8. The van der Waals surface area contributed by atoms with Crippen molar-refractivity contribution in [3.05, 3.63) is 58.9 Å². The highest BCUT2D eigenvalue weighted by atomic mass is 32.2. The molecule has 0 saturated heterocycles. The van der Waals surface area contributed by atoms with Gasteiger partial charge < -0.3 is 5.32 Å². The van der Waals surface area contributed by atoms with Gasteiger partial charge in [0.1, 0.15) is 12.2 Å². The summed E-state index contributed by atoms with van der Waals surface area (Å²) >= 11 is 0. The van der Waals surface area contributed by atoms with E-state index in [1.54, 1.807) is 19.9 Å². The van der Waals surface area contributed by atoms with Crippen LogP contribution in [0.4, 0.5) is 19.0 Å². The van der Waals surface area contributed by atoms with Crippen LogP contribution in [0, 0.1) is 18.3 Å². The van der Waals surface area contributed by atoms with Crippen molar-refractivity contribution in [2.24, 2.45) is 4.36 Å². The van der Waals surface area contributed by atoms with E-state index in [1.165, 1.54) is 29.6 Å². The van der Waals surface area contributed by atoms with E-state index >= 15 is 0 Å². The topological polar surface area (TPSA) is 139 Å². The first-order valence-corrected chi connectivity index (χ1v) is 12.0. The number of halogens is 3. The summed E-state index contributed by atoms with van der Waals surface area (Å²) in [5.74, 6) is 0.131. The number of rotatable bonds is 5. The molecule has 1 atom stereocenters. The second-order valence-corrected chi connectivity index (χ2v) is 10.1. The highest BCUT2D eigenvalue weighted by Crippen LogP contribution is 2.31. The minimum absolute atomic E-state index is 0.156. The van der Waals surface area contributed by atoms with Crippen molar-refractivity contribution in [1.29, 1.82) is 5.26 Å². The number of hydrogen-bond acceptors (Lipinski definition) is 8. The molecular formula is C20H19F3N8O2S. The van der Waals surface area contributed by atoms with Crippen LogP contribution in [0.1, 0.15) is 46.1 Å². The van der Waals surface area contributed by atoms with E-state index in [9.17, 15) is 22.2 Å². The van der Waals surface area contributed by atoms with Gasteiger partial charge in [-0.05, 0) is 32.0 Å². The summed E-state index contributed by atoms with van der Waals surface area (Å²) in [5, 5.41) is 15.9. The van der Waals surface area contributed by atoms with Gasteiger partial charge in [0.25, 0.3) is 5.91 Å². The Balaban J connectivity index is 1.95. The molecule has 0 aliphatic rings. The summed E-state index contributed by atoms with van der Waals surface area (Å²) in [5.41, 5.74) is -1.74. The Labute approximate surface area is 193 Å². The molecule has 0 aliphatic heterocycles. The predicted molar refractivity (Wildman–Crippen MR) is 116 cm³/mol. The molecule has 0 saturated carbocycles. The number of nitrogens with one attached hydrogen (secondary N) is 1. The first-order chi connectivity index (χ1) is 15.8. The van der Waals surface area contributed by atoms with Gasteiger partial charge in [0.05, 0.1) is 23.2 Å². The molecule has 2 aromatic heterocycles. The predicted octanol–water partition coefficient (Wildman–Crippen LogP) is 3.11. The third kappa shape index (κ3) is 5.93. The van der Waals surface area contributed by atoms with Crippen LogP contribution < -0.4 is 5.32 Å². The Hall–Kier alpha value is -3.86. The van der Waals surface area contributed by atoms with Gasteiger partial charge in [-0.25, -0.2) is 19.2 Å². The summed E-state index contributed by atoms with van der Waals surface area (Å²) in [6.07, 6.45) is -0.623. The largest absolute Gasteiger partial charge is 0.416 e. The van der Waals surface area contributed by atoms with Crippen LogP contribution in [0.25, 0.3) is 5.82 Å². The molecule has 0 bridgehead atoms. The van der Waals surface area contributed by atoms with Crippen LogP contribution in [-0.2, 0) is 15.9 Å². The number of nitrogens with zero attached hydrogens (tertiary/aromatic N) is 7. The number of benzene rings is 1. The quantitative estimate of drug-likeness (QED) is 0.577. The third-order valence-electron chi connectivity index (χ3n) is 4.29. The zero-order valence-corrected chi connectivity index (χ0v) is 19.3. The molecule has 0 radical (unpaired) electrons. The standard InChI is InChI=1S/C20H19F3N8O2S/c1-11(27-19(32)14-5-13(9-24)6-15(7-14)20(21,22)23)18-28-12(2)29-31(18)17-8-16(25-10-26-17)30-34(3,4)33/h5-8,10-11H,1-4H3,(H,27,32)/t11-/m0/s1. The number of nitriles is 1. The molecule has 0 spiro atoms. The number of aromatic nitrogens is 5. The van der Waals surface area contributed by atoms with Crippen LogP contribution in [0.5, 0.6) is 0 Å². The van der Waals surface area contributed by atoms with Crippen molar-refractivity contribution in [2.45, 2.75) is 26.1 Å². The average molecular weight is 492 g/mol. The van der Waals surface area contributed by atoms with E-state index in [2.05, 4.69) is 29.7 Å². The van der Waals surface area contributed by atoms with Crippen molar-refractivity contribution in [2.75, 3.05) is 12.5 Å². The molecule has 0 aliphatic carbocycles. The molecule has 0 unspecified atom stereocenters. The van der Waals surface area contributed by atoms with Crippen molar-refractivity contribution in [3.8, 4) is 11.9 Å². The second-order valence-electron chi connectivity index (χ2n) is 7.54. The van der Waals surface area contributed by atoms with Gasteiger partial charge in [0, 0.05) is 33.9 Å².